The maximum atomic E-state index is 9.93. The second-order valence-electron chi connectivity index (χ2n) is 8.44. The van der Waals surface area contributed by atoms with Gasteiger partial charge in [-0.15, -0.1) is 0 Å². The van der Waals surface area contributed by atoms with E-state index in [1.807, 2.05) is 0 Å². The zero-order chi connectivity index (χ0) is 21.2. The van der Waals surface area contributed by atoms with Gasteiger partial charge in [-0.05, 0) is 19.3 Å². The molecule has 29 heavy (non-hydrogen) atoms. The lowest BCUT2D eigenvalue weighted by Gasteiger charge is -2.20. The Labute approximate surface area is 178 Å². The minimum Gasteiger partial charge on any atom is -0.388 e. The molecule has 0 aromatic carbocycles. The predicted octanol–water partition coefficient (Wildman–Crippen LogP) is 4.52. The van der Waals surface area contributed by atoms with Gasteiger partial charge in [0.2, 0.25) is 0 Å². The Bertz CT molecular complexity index is 387. The highest BCUT2D eigenvalue weighted by atomic mass is 16.5. The fraction of sp³-hybridized carbons (Fsp3) is 0.917. The quantitative estimate of drug-likeness (QED) is 0.214. The van der Waals surface area contributed by atoms with Gasteiger partial charge in [0.1, 0.15) is 24.4 Å². The summed E-state index contributed by atoms with van der Waals surface area (Å²) in [6, 6.07) is 0. The van der Waals surface area contributed by atoms with Crippen LogP contribution in [0.2, 0.25) is 0 Å². The van der Waals surface area contributed by atoms with E-state index in [1.54, 1.807) is 0 Å². The summed E-state index contributed by atoms with van der Waals surface area (Å²) in [5.74, 6) is 0. The van der Waals surface area contributed by atoms with E-state index in [1.165, 1.54) is 77.0 Å². The van der Waals surface area contributed by atoms with Crippen molar-refractivity contribution in [3.63, 3.8) is 0 Å². The largest absolute Gasteiger partial charge is 0.388 e. The minimum absolute atomic E-state index is 0.0603. The molecule has 1 fully saturated rings. The molecule has 3 N–H and O–H groups in total. The van der Waals surface area contributed by atoms with Crippen LogP contribution in [0.15, 0.2) is 12.2 Å². The number of allylic oxidation sites excluding steroid dienone is 1. The Balaban J connectivity index is 1.80. The second kappa shape index (κ2) is 18.3. The van der Waals surface area contributed by atoms with Crippen molar-refractivity contribution in [2.75, 3.05) is 19.8 Å². The molecule has 0 aromatic rings. The number of unbranched alkanes of at least 4 members (excludes halogenated alkanes) is 12. The maximum absolute atomic E-state index is 9.93. The standard InChI is InChI=1S/C24H46O5/c1-2-3-4-5-6-7-8-9-10-11-12-13-14-15-16-17-18-28-19-22(26)24-23(27)21(25)20-29-24/h15-16,21-27H,2-14,17-20H2,1H3/b16-15+/t21-,22+,23+,24+/m1/s1. The third kappa shape index (κ3) is 13.5. The summed E-state index contributed by atoms with van der Waals surface area (Å²) in [5.41, 5.74) is 0. The summed E-state index contributed by atoms with van der Waals surface area (Å²) in [5, 5.41) is 29.0. The van der Waals surface area contributed by atoms with E-state index < -0.39 is 24.4 Å². The van der Waals surface area contributed by atoms with Crippen LogP contribution in [-0.2, 0) is 9.47 Å². The molecule has 0 spiro atoms. The van der Waals surface area contributed by atoms with Crippen LogP contribution in [0.25, 0.3) is 0 Å². The SMILES string of the molecule is CCCCCCCCCCCCCC/C=C/CCOC[C@H](O)[C@@H]1OC[C@@H](O)[C@@H]1O. The van der Waals surface area contributed by atoms with Gasteiger partial charge in [-0.3, -0.25) is 0 Å². The van der Waals surface area contributed by atoms with Gasteiger partial charge in [-0.25, -0.2) is 0 Å². The summed E-state index contributed by atoms with van der Waals surface area (Å²) in [4.78, 5) is 0. The van der Waals surface area contributed by atoms with Crippen molar-refractivity contribution in [2.45, 2.75) is 121 Å². The molecule has 0 unspecified atom stereocenters. The first-order chi connectivity index (χ1) is 14.2. The Hall–Kier alpha value is -0.460. The molecule has 1 aliphatic rings. The Kier molecular flexibility index (Phi) is 16.8. The van der Waals surface area contributed by atoms with E-state index in [-0.39, 0.29) is 13.2 Å². The summed E-state index contributed by atoms with van der Waals surface area (Å²) < 4.78 is 10.6. The second-order valence-corrected chi connectivity index (χ2v) is 8.44. The third-order valence-corrected chi connectivity index (χ3v) is 5.68. The number of aliphatic hydroxyl groups is 3. The Morgan fingerprint density at radius 2 is 1.41 bits per heavy atom. The molecule has 0 saturated carbocycles. The lowest BCUT2D eigenvalue weighted by Crippen LogP contribution is -2.40. The summed E-state index contributed by atoms with van der Waals surface area (Å²) >= 11 is 0. The van der Waals surface area contributed by atoms with Crippen LogP contribution in [0.5, 0.6) is 0 Å². The van der Waals surface area contributed by atoms with Crippen LogP contribution < -0.4 is 0 Å². The van der Waals surface area contributed by atoms with Crippen LogP contribution >= 0.6 is 0 Å². The average molecular weight is 415 g/mol. The summed E-state index contributed by atoms with van der Waals surface area (Å²) in [6.45, 7) is 2.98. The highest BCUT2D eigenvalue weighted by molar-refractivity contribution is 4.88. The average Bonchev–Trinajstić information content (AvgIpc) is 3.05. The van der Waals surface area contributed by atoms with Crippen molar-refractivity contribution in [2.24, 2.45) is 0 Å². The maximum Gasteiger partial charge on any atom is 0.114 e. The zero-order valence-electron chi connectivity index (χ0n) is 18.6. The minimum atomic E-state index is -1.04. The van der Waals surface area contributed by atoms with Crippen molar-refractivity contribution in [3.05, 3.63) is 12.2 Å². The van der Waals surface area contributed by atoms with E-state index >= 15 is 0 Å². The van der Waals surface area contributed by atoms with Crippen LogP contribution in [-0.4, -0.2) is 59.6 Å². The molecule has 172 valence electrons. The number of rotatable bonds is 19. The Morgan fingerprint density at radius 3 is 1.97 bits per heavy atom. The molecule has 0 aromatic heterocycles. The van der Waals surface area contributed by atoms with Gasteiger partial charge >= 0.3 is 0 Å². The smallest absolute Gasteiger partial charge is 0.114 e. The van der Waals surface area contributed by atoms with Crippen LogP contribution in [0.1, 0.15) is 96.8 Å². The topological polar surface area (TPSA) is 79.2 Å². The van der Waals surface area contributed by atoms with Crippen molar-refractivity contribution in [1.82, 2.24) is 0 Å². The molecule has 0 aliphatic carbocycles. The highest BCUT2D eigenvalue weighted by Gasteiger charge is 2.39. The fourth-order valence-electron chi connectivity index (χ4n) is 3.75. The molecule has 1 heterocycles. The van der Waals surface area contributed by atoms with E-state index in [0.717, 1.165) is 12.8 Å². The van der Waals surface area contributed by atoms with E-state index in [4.69, 9.17) is 9.47 Å². The molecule has 1 aliphatic heterocycles. The fourth-order valence-corrected chi connectivity index (χ4v) is 3.75. The molecule has 0 radical (unpaired) electrons. The summed E-state index contributed by atoms with van der Waals surface area (Å²) in [6.07, 6.45) is 19.2. The van der Waals surface area contributed by atoms with Crippen molar-refractivity contribution >= 4 is 0 Å². The molecule has 4 atom stereocenters. The van der Waals surface area contributed by atoms with E-state index in [0.29, 0.717) is 6.61 Å². The lowest BCUT2D eigenvalue weighted by atomic mass is 10.0. The predicted molar refractivity (Wildman–Crippen MR) is 118 cm³/mol. The van der Waals surface area contributed by atoms with Gasteiger partial charge in [0, 0.05) is 0 Å². The van der Waals surface area contributed by atoms with Gasteiger partial charge in [0.15, 0.2) is 0 Å². The van der Waals surface area contributed by atoms with Crippen molar-refractivity contribution in [1.29, 1.82) is 0 Å². The monoisotopic (exact) mass is 414 g/mol. The van der Waals surface area contributed by atoms with Gasteiger partial charge in [0.25, 0.3) is 0 Å². The van der Waals surface area contributed by atoms with Crippen molar-refractivity contribution in [3.8, 4) is 0 Å². The lowest BCUT2D eigenvalue weighted by molar-refractivity contribution is -0.0806. The first-order valence-electron chi connectivity index (χ1n) is 12.0. The van der Waals surface area contributed by atoms with Crippen molar-refractivity contribution < 1.29 is 24.8 Å². The number of ether oxygens (including phenoxy) is 2. The molecule has 5 heteroatoms. The highest BCUT2D eigenvalue weighted by Crippen LogP contribution is 2.18. The van der Waals surface area contributed by atoms with Crippen LogP contribution in [0, 0.1) is 0 Å². The van der Waals surface area contributed by atoms with Gasteiger partial charge in [0.05, 0.1) is 19.8 Å². The van der Waals surface area contributed by atoms with Crippen LogP contribution in [0.4, 0.5) is 0 Å². The zero-order valence-corrected chi connectivity index (χ0v) is 18.6. The molecule has 1 saturated heterocycles. The van der Waals surface area contributed by atoms with E-state index in [9.17, 15) is 15.3 Å². The first-order valence-corrected chi connectivity index (χ1v) is 12.0. The first kappa shape index (κ1) is 26.6. The molecular weight excluding hydrogens is 368 g/mol. The summed E-state index contributed by atoms with van der Waals surface area (Å²) in [7, 11) is 0. The van der Waals surface area contributed by atoms with Gasteiger partial charge < -0.3 is 24.8 Å². The van der Waals surface area contributed by atoms with Gasteiger partial charge in [-0.2, -0.15) is 0 Å². The van der Waals surface area contributed by atoms with Crippen LogP contribution in [0.3, 0.4) is 0 Å². The molecule has 0 bridgehead atoms. The molecule has 0 amide bonds. The normalized spacial score (nSPS) is 23.2. The van der Waals surface area contributed by atoms with Gasteiger partial charge in [-0.1, -0.05) is 89.7 Å². The molecule has 5 nitrogen and oxygen atoms in total. The van der Waals surface area contributed by atoms with E-state index in [2.05, 4.69) is 19.1 Å². The molecular formula is C24H46O5. The Morgan fingerprint density at radius 1 is 0.862 bits per heavy atom. The number of aliphatic hydroxyl groups excluding tert-OH is 3. The third-order valence-electron chi connectivity index (χ3n) is 5.68. The number of hydrogen-bond donors (Lipinski definition) is 3. The molecule has 1 rings (SSSR count). The number of hydrogen-bond acceptors (Lipinski definition) is 5.